The maximum absolute atomic E-state index is 12.4. The highest BCUT2D eigenvalue weighted by atomic mass is 31.2. The molecule has 8 heteroatoms. The van der Waals surface area contributed by atoms with E-state index in [9.17, 15) is 14.5 Å². The zero-order chi connectivity index (χ0) is 17.7. The molecule has 23 heavy (non-hydrogen) atoms. The van der Waals surface area contributed by atoms with Gasteiger partial charge in [-0.15, -0.1) is 0 Å². The Morgan fingerprint density at radius 2 is 1.70 bits per heavy atom. The van der Waals surface area contributed by atoms with E-state index in [4.69, 9.17) is 13.8 Å². The van der Waals surface area contributed by atoms with Crippen LogP contribution in [0.3, 0.4) is 0 Å². The van der Waals surface area contributed by atoms with Crippen molar-refractivity contribution in [1.29, 1.82) is 0 Å². The fourth-order valence-electron chi connectivity index (χ4n) is 1.90. The minimum Gasteiger partial charge on any atom is -0.444 e. The van der Waals surface area contributed by atoms with E-state index in [2.05, 4.69) is 5.32 Å². The van der Waals surface area contributed by atoms with Crippen LogP contribution in [0.4, 0.5) is 4.79 Å². The number of carbonyl (C=O) groups is 1. The quantitative estimate of drug-likeness (QED) is 0.770. The van der Waals surface area contributed by atoms with E-state index >= 15 is 0 Å². The summed E-state index contributed by atoms with van der Waals surface area (Å²) in [7, 11) is -1.48. The Labute approximate surface area is 136 Å². The second-order valence-electron chi connectivity index (χ2n) is 5.85. The number of benzene rings is 1. The summed E-state index contributed by atoms with van der Waals surface area (Å²) < 4.78 is 27.3. The Morgan fingerprint density at radius 3 is 2.13 bits per heavy atom. The highest BCUT2D eigenvalue weighted by molar-refractivity contribution is 7.54. The molecule has 0 aliphatic rings. The van der Waals surface area contributed by atoms with Crippen molar-refractivity contribution in [3.63, 3.8) is 0 Å². The predicted molar refractivity (Wildman–Crippen MR) is 86.2 cm³/mol. The third kappa shape index (κ3) is 5.62. The highest BCUT2D eigenvalue weighted by Gasteiger charge is 2.40. The van der Waals surface area contributed by atoms with E-state index < -0.39 is 31.2 Å². The average Bonchev–Trinajstić information content (AvgIpc) is 2.50. The van der Waals surface area contributed by atoms with Crippen molar-refractivity contribution in [1.82, 2.24) is 5.32 Å². The van der Waals surface area contributed by atoms with Crippen molar-refractivity contribution in [2.45, 2.75) is 38.3 Å². The van der Waals surface area contributed by atoms with Gasteiger partial charge in [0.25, 0.3) is 0 Å². The topological polar surface area (TPSA) is 94.1 Å². The second kappa shape index (κ2) is 7.93. The van der Waals surface area contributed by atoms with Crippen LogP contribution < -0.4 is 5.32 Å². The number of aliphatic hydroxyl groups is 1. The Morgan fingerprint density at radius 1 is 1.17 bits per heavy atom. The van der Waals surface area contributed by atoms with Crippen LogP contribution in [0, 0.1) is 0 Å². The van der Waals surface area contributed by atoms with Crippen LogP contribution in [-0.2, 0) is 18.3 Å². The van der Waals surface area contributed by atoms with Gasteiger partial charge < -0.3 is 24.2 Å². The summed E-state index contributed by atoms with van der Waals surface area (Å²) in [5.41, 5.74) is -0.164. The molecule has 1 aromatic rings. The molecule has 0 heterocycles. The SMILES string of the molecule is COP(=O)(OC)[C@H](O)[C@@H](NC(=O)OC(C)(C)C)c1ccccc1. The van der Waals surface area contributed by atoms with Crippen LogP contribution in [0.1, 0.15) is 32.4 Å². The molecular formula is C15H24NO6P. The number of aliphatic hydroxyl groups excluding tert-OH is 1. The molecule has 2 atom stereocenters. The van der Waals surface area contributed by atoms with E-state index in [1.807, 2.05) is 0 Å². The van der Waals surface area contributed by atoms with Crippen molar-refractivity contribution in [3.05, 3.63) is 35.9 Å². The number of hydrogen-bond donors (Lipinski definition) is 2. The van der Waals surface area contributed by atoms with E-state index in [1.54, 1.807) is 51.1 Å². The summed E-state index contributed by atoms with van der Waals surface area (Å²) in [6.45, 7) is 5.15. The van der Waals surface area contributed by atoms with Gasteiger partial charge in [0.1, 0.15) is 5.60 Å². The Hall–Kier alpha value is -1.40. The third-order valence-electron chi connectivity index (χ3n) is 2.96. The normalized spacial score (nSPS) is 14.9. The fourth-order valence-corrected chi connectivity index (χ4v) is 3.09. The van der Waals surface area contributed by atoms with Gasteiger partial charge in [0.05, 0.1) is 6.04 Å². The maximum Gasteiger partial charge on any atom is 0.408 e. The molecule has 0 bridgehead atoms. The molecule has 7 nitrogen and oxygen atoms in total. The Balaban J connectivity index is 3.09. The molecule has 0 unspecified atom stereocenters. The Kier molecular flexibility index (Phi) is 6.77. The summed E-state index contributed by atoms with van der Waals surface area (Å²) in [6.07, 6.45) is -0.746. The molecule has 2 N–H and O–H groups in total. The van der Waals surface area contributed by atoms with Crippen LogP contribution >= 0.6 is 7.60 Å². The van der Waals surface area contributed by atoms with Gasteiger partial charge in [-0.25, -0.2) is 4.79 Å². The standard InChI is InChI=1S/C15H24NO6P/c1-15(2,3)22-14(18)16-12(11-9-7-6-8-10-11)13(17)23(19,20-4)21-5/h6-10,12-13,17H,1-5H3,(H,16,18)/t12-,13-/m0/s1. The van der Waals surface area contributed by atoms with Crippen LogP contribution in [0.2, 0.25) is 0 Å². The van der Waals surface area contributed by atoms with E-state index in [0.29, 0.717) is 5.56 Å². The average molecular weight is 345 g/mol. The van der Waals surface area contributed by atoms with E-state index in [-0.39, 0.29) is 0 Å². The summed E-state index contributed by atoms with van der Waals surface area (Å²) in [6, 6.07) is 7.60. The van der Waals surface area contributed by atoms with Crippen molar-refractivity contribution >= 4 is 13.7 Å². The third-order valence-corrected chi connectivity index (χ3v) is 4.93. The van der Waals surface area contributed by atoms with Gasteiger partial charge in [-0.1, -0.05) is 30.3 Å². The molecule has 0 saturated heterocycles. The fraction of sp³-hybridized carbons (Fsp3) is 0.533. The van der Waals surface area contributed by atoms with Gasteiger partial charge in [0.15, 0.2) is 5.85 Å². The predicted octanol–water partition coefficient (Wildman–Crippen LogP) is 3.06. The lowest BCUT2D eigenvalue weighted by Crippen LogP contribution is -2.40. The number of alkyl carbamates (subject to hydrolysis) is 1. The van der Waals surface area contributed by atoms with Gasteiger partial charge >= 0.3 is 13.7 Å². The molecule has 0 aromatic heterocycles. The smallest absolute Gasteiger partial charge is 0.408 e. The number of amides is 1. The number of nitrogens with one attached hydrogen (secondary N) is 1. The van der Waals surface area contributed by atoms with Gasteiger partial charge in [0, 0.05) is 14.2 Å². The van der Waals surface area contributed by atoms with E-state index in [1.165, 1.54) is 14.2 Å². The van der Waals surface area contributed by atoms with Crippen molar-refractivity contribution in [2.24, 2.45) is 0 Å². The van der Waals surface area contributed by atoms with Gasteiger partial charge in [0.2, 0.25) is 0 Å². The van der Waals surface area contributed by atoms with Crippen LogP contribution in [0.25, 0.3) is 0 Å². The van der Waals surface area contributed by atoms with E-state index in [0.717, 1.165) is 0 Å². The molecule has 130 valence electrons. The minimum absolute atomic E-state index is 0.542. The molecule has 0 aliphatic heterocycles. The first kappa shape index (κ1) is 19.6. The second-order valence-corrected chi connectivity index (χ2v) is 8.19. The Bertz CT molecular complexity index is 549. The molecule has 0 saturated carbocycles. The summed E-state index contributed by atoms with van der Waals surface area (Å²) in [4.78, 5) is 12.0. The molecule has 1 rings (SSSR count). The van der Waals surface area contributed by atoms with Gasteiger partial charge in [-0.2, -0.15) is 0 Å². The largest absolute Gasteiger partial charge is 0.444 e. The van der Waals surface area contributed by atoms with Gasteiger partial charge in [-0.3, -0.25) is 4.57 Å². The molecule has 1 amide bonds. The minimum atomic E-state index is -3.82. The molecular weight excluding hydrogens is 321 g/mol. The summed E-state index contributed by atoms with van der Waals surface area (Å²) >= 11 is 0. The molecule has 0 aliphatic carbocycles. The van der Waals surface area contributed by atoms with Crippen LogP contribution in [-0.4, -0.2) is 36.9 Å². The lowest BCUT2D eigenvalue weighted by atomic mass is 10.1. The molecule has 0 fully saturated rings. The first-order valence-electron chi connectivity index (χ1n) is 7.06. The van der Waals surface area contributed by atoms with Crippen molar-refractivity contribution in [2.75, 3.05) is 14.2 Å². The van der Waals surface area contributed by atoms with Crippen LogP contribution in [0.15, 0.2) is 30.3 Å². The molecule has 0 radical (unpaired) electrons. The zero-order valence-corrected chi connectivity index (χ0v) is 14.9. The first-order chi connectivity index (χ1) is 10.6. The summed E-state index contributed by atoms with van der Waals surface area (Å²) in [5, 5.41) is 13.0. The molecule has 0 spiro atoms. The maximum atomic E-state index is 12.4. The molecule has 1 aromatic carbocycles. The monoisotopic (exact) mass is 345 g/mol. The van der Waals surface area contributed by atoms with Gasteiger partial charge in [-0.05, 0) is 26.3 Å². The van der Waals surface area contributed by atoms with Crippen molar-refractivity contribution in [3.8, 4) is 0 Å². The zero-order valence-electron chi connectivity index (χ0n) is 14.0. The van der Waals surface area contributed by atoms with Crippen LogP contribution in [0.5, 0.6) is 0 Å². The first-order valence-corrected chi connectivity index (χ1v) is 8.68. The number of rotatable bonds is 6. The number of ether oxygens (including phenoxy) is 1. The van der Waals surface area contributed by atoms with Crippen molar-refractivity contribution < 1.29 is 28.3 Å². The number of carbonyl (C=O) groups excluding carboxylic acids is 1. The lowest BCUT2D eigenvalue weighted by Gasteiger charge is -2.29. The number of hydrogen-bond acceptors (Lipinski definition) is 6. The lowest BCUT2D eigenvalue weighted by molar-refractivity contribution is 0.0453. The highest BCUT2D eigenvalue weighted by Crippen LogP contribution is 2.54. The summed E-state index contributed by atoms with van der Waals surface area (Å²) in [5.74, 6) is -1.59.